The highest BCUT2D eigenvalue weighted by Crippen LogP contribution is 2.26. The molecule has 0 spiro atoms. The van der Waals surface area contributed by atoms with E-state index in [2.05, 4.69) is 10.6 Å². The fourth-order valence-electron chi connectivity index (χ4n) is 1.89. The monoisotopic (exact) mass is 344 g/mol. The molecule has 2 aromatic rings. The number of urea groups is 1. The third kappa shape index (κ3) is 3.87. The van der Waals surface area contributed by atoms with Crippen LogP contribution in [0.15, 0.2) is 36.4 Å². The van der Waals surface area contributed by atoms with Gasteiger partial charge in [0.15, 0.2) is 0 Å². The molecule has 22 heavy (non-hydrogen) atoms. The van der Waals surface area contributed by atoms with Crippen molar-refractivity contribution >= 4 is 34.9 Å². The summed E-state index contributed by atoms with van der Waals surface area (Å²) >= 11 is 11.8. The molecule has 0 aliphatic heterocycles. The van der Waals surface area contributed by atoms with Gasteiger partial charge in [-0.1, -0.05) is 35.3 Å². The van der Waals surface area contributed by atoms with E-state index in [0.29, 0.717) is 15.6 Å². The van der Waals surface area contributed by atoms with Crippen LogP contribution in [0.5, 0.6) is 0 Å². The second kappa shape index (κ2) is 6.94. The van der Waals surface area contributed by atoms with Crippen molar-refractivity contribution in [1.29, 1.82) is 0 Å². The number of carbonyl (C=O) groups excluding carboxylic acids is 1. The quantitative estimate of drug-likeness (QED) is 0.793. The molecule has 2 rings (SSSR count). The van der Waals surface area contributed by atoms with Gasteiger partial charge in [-0.2, -0.15) is 0 Å². The van der Waals surface area contributed by atoms with Crippen LogP contribution >= 0.6 is 23.2 Å². The zero-order valence-corrected chi connectivity index (χ0v) is 13.0. The predicted octanol–water partition coefficient (Wildman–Crippen LogP) is 5.15. The maximum Gasteiger partial charge on any atom is 0.319 e. The first kappa shape index (κ1) is 16.5. The second-order valence-corrected chi connectivity index (χ2v) is 5.43. The Morgan fingerprint density at radius 1 is 1.14 bits per heavy atom. The Balaban J connectivity index is 2.08. The van der Waals surface area contributed by atoms with Gasteiger partial charge >= 0.3 is 6.03 Å². The number of nitrogens with one attached hydrogen (secondary N) is 2. The first-order valence-electron chi connectivity index (χ1n) is 6.35. The van der Waals surface area contributed by atoms with Gasteiger partial charge in [-0.05, 0) is 36.8 Å². The summed E-state index contributed by atoms with van der Waals surface area (Å²) in [4.78, 5) is 11.9. The van der Waals surface area contributed by atoms with Crippen molar-refractivity contribution in [3.8, 4) is 0 Å². The van der Waals surface area contributed by atoms with E-state index >= 15 is 0 Å². The van der Waals surface area contributed by atoms with E-state index in [1.54, 1.807) is 25.1 Å². The number of hydrogen-bond donors (Lipinski definition) is 2. The molecular weight excluding hydrogens is 333 g/mol. The van der Waals surface area contributed by atoms with E-state index < -0.39 is 29.4 Å². The van der Waals surface area contributed by atoms with Crippen molar-refractivity contribution < 1.29 is 13.6 Å². The van der Waals surface area contributed by atoms with Gasteiger partial charge in [0.1, 0.15) is 17.3 Å². The molecule has 0 radical (unpaired) electrons. The van der Waals surface area contributed by atoms with Crippen LogP contribution in [-0.4, -0.2) is 6.03 Å². The minimum absolute atomic E-state index is 0.386. The fourth-order valence-corrected chi connectivity index (χ4v) is 2.47. The highest BCUT2D eigenvalue weighted by molar-refractivity contribution is 6.35. The summed E-state index contributed by atoms with van der Waals surface area (Å²) in [6, 6.07) is 6.95. The molecule has 2 N–H and O–H groups in total. The van der Waals surface area contributed by atoms with Gasteiger partial charge in [-0.15, -0.1) is 0 Å². The lowest BCUT2D eigenvalue weighted by Crippen LogP contribution is -2.32. The highest BCUT2D eigenvalue weighted by atomic mass is 35.5. The summed E-state index contributed by atoms with van der Waals surface area (Å²) in [5.74, 6) is -1.71. The minimum Gasteiger partial charge on any atom is -0.331 e. The van der Waals surface area contributed by atoms with E-state index in [0.717, 1.165) is 12.1 Å². The smallest absolute Gasteiger partial charge is 0.319 e. The maximum atomic E-state index is 13.5. The summed E-state index contributed by atoms with van der Waals surface area (Å²) in [5.41, 5.74) is 0.129. The molecule has 7 heteroatoms. The summed E-state index contributed by atoms with van der Waals surface area (Å²) in [6.07, 6.45) is 0. The Morgan fingerprint density at radius 2 is 1.77 bits per heavy atom. The largest absolute Gasteiger partial charge is 0.331 e. The van der Waals surface area contributed by atoms with Crippen LogP contribution in [-0.2, 0) is 0 Å². The zero-order valence-electron chi connectivity index (χ0n) is 11.5. The van der Waals surface area contributed by atoms with Gasteiger partial charge in [-0.25, -0.2) is 13.6 Å². The average molecular weight is 345 g/mol. The number of amides is 2. The molecule has 0 aromatic heterocycles. The average Bonchev–Trinajstić information content (AvgIpc) is 2.42. The van der Waals surface area contributed by atoms with E-state index in [4.69, 9.17) is 23.2 Å². The number of anilines is 1. The Morgan fingerprint density at radius 3 is 2.36 bits per heavy atom. The van der Waals surface area contributed by atoms with Crippen molar-refractivity contribution in [2.45, 2.75) is 13.0 Å². The molecule has 0 bridgehead atoms. The molecule has 3 nitrogen and oxygen atoms in total. The lowest BCUT2D eigenvalue weighted by atomic mass is 10.1. The Labute approximate surface area is 136 Å². The summed E-state index contributed by atoms with van der Waals surface area (Å²) in [6.45, 7) is 1.69. The number of hydrogen-bond acceptors (Lipinski definition) is 1. The van der Waals surface area contributed by atoms with Gasteiger partial charge < -0.3 is 10.6 Å². The lowest BCUT2D eigenvalue weighted by Gasteiger charge is -2.17. The molecule has 0 saturated heterocycles. The Bertz CT molecular complexity index is 690. The fraction of sp³-hybridized carbons (Fsp3) is 0.133. The zero-order chi connectivity index (χ0) is 16.3. The molecule has 2 aromatic carbocycles. The van der Waals surface area contributed by atoms with Crippen LogP contribution in [0.2, 0.25) is 10.0 Å². The van der Waals surface area contributed by atoms with Gasteiger partial charge in [0.25, 0.3) is 0 Å². The molecule has 1 unspecified atom stereocenters. The SMILES string of the molecule is CC(NC(=O)Nc1c(F)cccc1F)c1ccc(Cl)cc1Cl. The first-order chi connectivity index (χ1) is 10.4. The third-order valence-electron chi connectivity index (χ3n) is 2.98. The summed E-state index contributed by atoms with van der Waals surface area (Å²) in [7, 11) is 0. The van der Waals surface area contributed by atoms with Gasteiger partial charge in [0, 0.05) is 10.0 Å². The maximum absolute atomic E-state index is 13.5. The van der Waals surface area contributed by atoms with E-state index in [9.17, 15) is 13.6 Å². The molecule has 2 amide bonds. The number of benzene rings is 2. The van der Waals surface area contributed by atoms with Crippen molar-refractivity contribution in [2.75, 3.05) is 5.32 Å². The van der Waals surface area contributed by atoms with Crippen molar-refractivity contribution in [3.63, 3.8) is 0 Å². The van der Waals surface area contributed by atoms with E-state index in [-0.39, 0.29) is 0 Å². The molecule has 0 aliphatic rings. The number of rotatable bonds is 3. The highest BCUT2D eigenvalue weighted by Gasteiger charge is 2.16. The topological polar surface area (TPSA) is 41.1 Å². The third-order valence-corrected chi connectivity index (χ3v) is 3.54. The van der Waals surface area contributed by atoms with Crippen LogP contribution in [0.25, 0.3) is 0 Å². The van der Waals surface area contributed by atoms with Crippen molar-refractivity contribution in [1.82, 2.24) is 5.32 Å². The predicted molar refractivity (Wildman–Crippen MR) is 83.4 cm³/mol. The van der Waals surface area contributed by atoms with E-state index in [1.807, 2.05) is 0 Å². The lowest BCUT2D eigenvalue weighted by molar-refractivity contribution is 0.249. The van der Waals surface area contributed by atoms with Gasteiger partial charge in [0.05, 0.1) is 6.04 Å². The molecule has 0 fully saturated rings. The van der Waals surface area contributed by atoms with Crippen LogP contribution in [0.3, 0.4) is 0 Å². The number of carbonyl (C=O) groups is 1. The van der Waals surface area contributed by atoms with Crippen molar-refractivity contribution in [3.05, 3.63) is 63.6 Å². The Kier molecular flexibility index (Phi) is 5.21. The molecule has 1 atom stereocenters. The van der Waals surface area contributed by atoms with Crippen LogP contribution < -0.4 is 10.6 Å². The number of para-hydroxylation sites is 1. The van der Waals surface area contributed by atoms with Gasteiger partial charge in [-0.3, -0.25) is 0 Å². The molecule has 0 heterocycles. The standard InChI is InChI=1S/C15H12Cl2F2N2O/c1-8(10-6-5-9(16)7-11(10)17)20-15(22)21-14-12(18)3-2-4-13(14)19/h2-8H,1H3,(H2,20,21,22). The minimum atomic E-state index is -0.854. The summed E-state index contributed by atoms with van der Waals surface area (Å²) < 4.78 is 26.9. The van der Waals surface area contributed by atoms with Crippen LogP contribution in [0.4, 0.5) is 19.3 Å². The Hall–Kier alpha value is -1.85. The second-order valence-electron chi connectivity index (χ2n) is 4.58. The number of halogens is 4. The molecule has 0 aliphatic carbocycles. The van der Waals surface area contributed by atoms with E-state index in [1.165, 1.54) is 6.07 Å². The van der Waals surface area contributed by atoms with Crippen molar-refractivity contribution in [2.24, 2.45) is 0 Å². The molecule has 0 saturated carbocycles. The normalized spacial score (nSPS) is 11.9. The van der Waals surface area contributed by atoms with Crippen LogP contribution in [0, 0.1) is 11.6 Å². The van der Waals surface area contributed by atoms with Gasteiger partial charge in [0.2, 0.25) is 0 Å². The molecular formula is C15H12Cl2F2N2O. The van der Waals surface area contributed by atoms with Crippen LogP contribution in [0.1, 0.15) is 18.5 Å². The summed E-state index contributed by atoms with van der Waals surface area (Å²) in [5, 5.41) is 5.55. The first-order valence-corrected chi connectivity index (χ1v) is 7.10. The molecule has 116 valence electrons.